The number of carboxylic acid groups (broad SMARTS) is 1. The van der Waals surface area contributed by atoms with Gasteiger partial charge in [0.2, 0.25) is 0 Å². The summed E-state index contributed by atoms with van der Waals surface area (Å²) in [6, 6.07) is 0.461. The summed E-state index contributed by atoms with van der Waals surface area (Å²) in [4.78, 5) is 17.7. The van der Waals surface area contributed by atoms with Crippen molar-refractivity contribution >= 4 is 17.7 Å². The van der Waals surface area contributed by atoms with Crippen LogP contribution in [0.1, 0.15) is 45.2 Å². The summed E-state index contributed by atoms with van der Waals surface area (Å²) >= 11 is 1.31. The van der Waals surface area contributed by atoms with Crippen molar-refractivity contribution < 1.29 is 9.90 Å². The molecule has 1 fully saturated rings. The van der Waals surface area contributed by atoms with Gasteiger partial charge < -0.3 is 9.67 Å². The number of aromatic nitrogens is 2. The Kier molecular flexibility index (Phi) is 5.70. The quantitative estimate of drug-likeness (QED) is 0.785. The molecule has 0 aliphatic carbocycles. The van der Waals surface area contributed by atoms with E-state index in [-0.39, 0.29) is 5.75 Å². The number of rotatable bonds is 7. The zero-order valence-corrected chi connectivity index (χ0v) is 13.9. The van der Waals surface area contributed by atoms with E-state index in [0.717, 1.165) is 11.7 Å². The Hall–Kier alpha value is -1.01. The van der Waals surface area contributed by atoms with Crippen molar-refractivity contribution in [1.29, 1.82) is 0 Å². The van der Waals surface area contributed by atoms with E-state index in [0.29, 0.717) is 12.0 Å². The van der Waals surface area contributed by atoms with Crippen LogP contribution in [0.25, 0.3) is 0 Å². The molecule has 1 saturated heterocycles. The third-order valence-electron chi connectivity index (χ3n) is 3.98. The average Bonchev–Trinajstić information content (AvgIpc) is 3.05. The van der Waals surface area contributed by atoms with Crippen molar-refractivity contribution in [2.45, 2.75) is 57.3 Å². The van der Waals surface area contributed by atoms with Gasteiger partial charge in [-0.25, -0.2) is 4.98 Å². The predicted molar refractivity (Wildman–Crippen MR) is 84.9 cm³/mol. The second-order valence-corrected chi connectivity index (χ2v) is 6.95. The van der Waals surface area contributed by atoms with Gasteiger partial charge in [-0.05, 0) is 38.8 Å². The van der Waals surface area contributed by atoms with Gasteiger partial charge in [0.05, 0.1) is 5.75 Å². The molecule has 0 bridgehead atoms. The molecule has 0 aromatic carbocycles. The molecule has 1 atom stereocenters. The van der Waals surface area contributed by atoms with Crippen LogP contribution in [0.3, 0.4) is 0 Å². The van der Waals surface area contributed by atoms with E-state index in [1.165, 1.54) is 43.4 Å². The smallest absolute Gasteiger partial charge is 0.313 e. The lowest BCUT2D eigenvalue weighted by Gasteiger charge is -2.26. The highest BCUT2D eigenvalue weighted by molar-refractivity contribution is 7.99. The summed E-state index contributed by atoms with van der Waals surface area (Å²) in [6.07, 6.45) is 4.46. The largest absolute Gasteiger partial charge is 0.481 e. The Labute approximate surface area is 130 Å². The molecule has 6 heteroatoms. The Morgan fingerprint density at radius 3 is 2.62 bits per heavy atom. The van der Waals surface area contributed by atoms with Gasteiger partial charge in [-0.15, -0.1) is 0 Å². The number of imidazole rings is 1. The molecule has 0 spiro atoms. The first-order valence-corrected chi connectivity index (χ1v) is 8.61. The molecule has 1 aliphatic heterocycles. The lowest BCUT2D eigenvalue weighted by molar-refractivity contribution is -0.133. The van der Waals surface area contributed by atoms with Crippen LogP contribution < -0.4 is 0 Å². The van der Waals surface area contributed by atoms with Crippen LogP contribution in [0.5, 0.6) is 0 Å². The number of aliphatic carboxylic acids is 1. The molecule has 0 radical (unpaired) electrons. The molecule has 0 amide bonds. The van der Waals surface area contributed by atoms with Gasteiger partial charge in [-0.2, -0.15) is 0 Å². The fourth-order valence-corrected chi connectivity index (χ4v) is 3.53. The van der Waals surface area contributed by atoms with E-state index in [9.17, 15) is 4.79 Å². The summed E-state index contributed by atoms with van der Waals surface area (Å²) in [5.41, 5.74) is 1.19. The van der Waals surface area contributed by atoms with Gasteiger partial charge in [0.1, 0.15) is 0 Å². The molecular formula is C15H25N3O2S. The zero-order chi connectivity index (χ0) is 15.4. The normalized spacial score (nSPS) is 17.5. The van der Waals surface area contributed by atoms with Crippen molar-refractivity contribution in [3.05, 3.63) is 11.9 Å². The van der Waals surface area contributed by atoms with E-state index in [1.54, 1.807) is 0 Å². The van der Waals surface area contributed by atoms with Crippen LogP contribution >= 0.6 is 11.8 Å². The van der Waals surface area contributed by atoms with Crippen molar-refractivity contribution in [2.75, 3.05) is 18.8 Å². The molecule has 118 valence electrons. The topological polar surface area (TPSA) is 58.4 Å². The van der Waals surface area contributed by atoms with E-state index in [1.807, 2.05) is 6.20 Å². The molecule has 1 aromatic rings. The molecule has 2 heterocycles. The van der Waals surface area contributed by atoms with E-state index in [2.05, 4.69) is 35.2 Å². The van der Waals surface area contributed by atoms with Crippen molar-refractivity contribution in [1.82, 2.24) is 14.5 Å². The molecular weight excluding hydrogens is 286 g/mol. The first-order chi connectivity index (χ1) is 9.99. The third-order valence-corrected chi connectivity index (χ3v) is 4.95. The standard InChI is InChI=1S/C15H25N3O2S/c1-11(2)13-8-16-15(21-10-14(19)20)18(13)9-12(3)17-6-4-5-7-17/h8,11-12H,4-7,9-10H2,1-3H3,(H,19,20). The SMILES string of the molecule is CC(C)c1cnc(SCC(=O)O)n1CC(C)N1CCCC1. The average molecular weight is 311 g/mol. The van der Waals surface area contributed by atoms with Crippen molar-refractivity contribution in [3.8, 4) is 0 Å². The van der Waals surface area contributed by atoms with Crippen LogP contribution in [0.15, 0.2) is 11.4 Å². The van der Waals surface area contributed by atoms with Crippen LogP contribution in [0, 0.1) is 0 Å². The number of hydrogen-bond acceptors (Lipinski definition) is 4. The summed E-state index contributed by atoms with van der Waals surface area (Å²) in [6.45, 7) is 9.78. The van der Waals surface area contributed by atoms with E-state index >= 15 is 0 Å². The number of carboxylic acids is 1. The summed E-state index contributed by atoms with van der Waals surface area (Å²) in [7, 11) is 0. The van der Waals surface area contributed by atoms with E-state index < -0.39 is 5.97 Å². The lowest BCUT2D eigenvalue weighted by Crippen LogP contribution is -2.34. The molecule has 1 N–H and O–H groups in total. The Morgan fingerprint density at radius 2 is 2.05 bits per heavy atom. The maximum Gasteiger partial charge on any atom is 0.313 e. The second kappa shape index (κ2) is 7.31. The second-order valence-electron chi connectivity index (χ2n) is 6.01. The van der Waals surface area contributed by atoms with Crippen LogP contribution in [-0.2, 0) is 11.3 Å². The van der Waals surface area contributed by atoms with Gasteiger partial charge in [0.15, 0.2) is 5.16 Å². The number of carbonyl (C=O) groups is 1. The number of likely N-dealkylation sites (tertiary alicyclic amines) is 1. The Bertz CT molecular complexity index is 481. The summed E-state index contributed by atoms with van der Waals surface area (Å²) in [5.74, 6) is -0.345. The van der Waals surface area contributed by atoms with Crippen LogP contribution in [-0.4, -0.2) is 50.4 Å². The van der Waals surface area contributed by atoms with Gasteiger partial charge in [-0.1, -0.05) is 25.6 Å². The minimum Gasteiger partial charge on any atom is -0.481 e. The number of nitrogens with zero attached hydrogens (tertiary/aromatic N) is 3. The molecule has 21 heavy (non-hydrogen) atoms. The molecule has 1 unspecified atom stereocenters. The number of thioether (sulfide) groups is 1. The van der Waals surface area contributed by atoms with E-state index in [4.69, 9.17) is 5.11 Å². The molecule has 1 aromatic heterocycles. The maximum atomic E-state index is 10.8. The van der Waals surface area contributed by atoms with Crippen molar-refractivity contribution in [3.63, 3.8) is 0 Å². The lowest BCUT2D eigenvalue weighted by atomic mass is 10.1. The molecule has 1 aliphatic rings. The van der Waals surface area contributed by atoms with Gasteiger partial charge in [-0.3, -0.25) is 9.69 Å². The van der Waals surface area contributed by atoms with Gasteiger partial charge in [0.25, 0.3) is 0 Å². The molecule has 5 nitrogen and oxygen atoms in total. The highest BCUT2D eigenvalue weighted by Crippen LogP contribution is 2.25. The fourth-order valence-electron chi connectivity index (χ4n) is 2.82. The minimum atomic E-state index is -0.798. The minimum absolute atomic E-state index is 0.0621. The Morgan fingerprint density at radius 1 is 1.38 bits per heavy atom. The fraction of sp³-hybridized carbons (Fsp3) is 0.733. The maximum absolute atomic E-state index is 10.8. The molecule has 0 saturated carbocycles. The first kappa shape index (κ1) is 16.4. The zero-order valence-electron chi connectivity index (χ0n) is 13.1. The number of hydrogen-bond donors (Lipinski definition) is 1. The molecule has 2 rings (SSSR count). The Balaban J connectivity index is 2.13. The predicted octanol–water partition coefficient (Wildman–Crippen LogP) is 2.67. The monoisotopic (exact) mass is 311 g/mol. The summed E-state index contributed by atoms with van der Waals surface area (Å²) in [5, 5.41) is 9.70. The van der Waals surface area contributed by atoms with Crippen LogP contribution in [0.4, 0.5) is 0 Å². The highest BCUT2D eigenvalue weighted by atomic mass is 32.2. The van der Waals surface area contributed by atoms with Crippen LogP contribution in [0.2, 0.25) is 0 Å². The van der Waals surface area contributed by atoms with Gasteiger partial charge >= 0.3 is 5.97 Å². The van der Waals surface area contributed by atoms with Crippen molar-refractivity contribution in [2.24, 2.45) is 0 Å². The summed E-state index contributed by atoms with van der Waals surface area (Å²) < 4.78 is 2.21. The third kappa shape index (κ3) is 4.23. The first-order valence-electron chi connectivity index (χ1n) is 7.63. The highest BCUT2D eigenvalue weighted by Gasteiger charge is 2.22. The van der Waals surface area contributed by atoms with Gasteiger partial charge in [0, 0.05) is 24.5 Å².